The lowest BCUT2D eigenvalue weighted by atomic mass is 9.93. The molecule has 0 unspecified atom stereocenters. The van der Waals surface area contributed by atoms with Gasteiger partial charge < -0.3 is 14.8 Å². The number of imidazole rings is 1. The molecular formula is C15H21ClN6O. The van der Waals surface area contributed by atoms with Crippen molar-refractivity contribution in [1.82, 2.24) is 29.5 Å². The fraction of sp³-hybridized carbons (Fsp3) is 0.533. The Hall–Kier alpha value is -1.86. The van der Waals surface area contributed by atoms with Crippen molar-refractivity contribution in [2.75, 3.05) is 7.05 Å². The van der Waals surface area contributed by atoms with Crippen molar-refractivity contribution in [3.8, 4) is 0 Å². The Morgan fingerprint density at radius 2 is 2.17 bits per heavy atom. The van der Waals surface area contributed by atoms with Crippen molar-refractivity contribution in [2.45, 2.75) is 31.5 Å². The van der Waals surface area contributed by atoms with Gasteiger partial charge in [-0.1, -0.05) is 11.6 Å². The van der Waals surface area contributed by atoms with E-state index in [0.717, 1.165) is 17.9 Å². The summed E-state index contributed by atoms with van der Waals surface area (Å²) in [5.41, 5.74) is 1.02. The number of nitrogens with one attached hydrogen (secondary N) is 1. The molecule has 0 aromatic carbocycles. The quantitative estimate of drug-likeness (QED) is 0.912. The maximum atomic E-state index is 12.1. The van der Waals surface area contributed by atoms with Crippen LogP contribution in [0.25, 0.3) is 0 Å². The molecule has 2 aromatic rings. The lowest BCUT2D eigenvalue weighted by molar-refractivity contribution is -0.136. The Morgan fingerprint density at radius 3 is 2.78 bits per heavy atom. The first-order chi connectivity index (χ1) is 11.0. The molecule has 1 fully saturated rings. The maximum absolute atomic E-state index is 12.1. The molecule has 0 spiro atoms. The van der Waals surface area contributed by atoms with E-state index in [1.165, 1.54) is 0 Å². The first-order valence-electron chi connectivity index (χ1n) is 7.62. The second-order valence-electron chi connectivity index (χ2n) is 5.91. The zero-order valence-corrected chi connectivity index (χ0v) is 14.3. The number of hydrogen-bond donors (Lipinski definition) is 1. The molecule has 0 bridgehead atoms. The molecule has 1 aliphatic rings. The SMILES string of the molecule is CN1C(=O)CC[C@@H](NCc2ncc(Cl)n2C)[C@@H]1c1ccnn1C. The number of hydrogen-bond acceptors (Lipinski definition) is 4. The standard InChI is InChI=1S/C15H21ClN6O/c1-20-12(16)8-18-13(20)9-17-10-4-5-14(23)21(2)15(10)11-6-7-19-22(11)3/h6-8,10,15,17H,4-5,9H2,1-3H3/t10-,15-/m1/s1. The molecule has 7 nitrogen and oxygen atoms in total. The van der Waals surface area contributed by atoms with Crippen molar-refractivity contribution in [2.24, 2.45) is 14.1 Å². The highest BCUT2D eigenvalue weighted by atomic mass is 35.5. The van der Waals surface area contributed by atoms with Gasteiger partial charge in [0.05, 0.1) is 24.5 Å². The van der Waals surface area contributed by atoms with Gasteiger partial charge in [0.2, 0.25) is 5.91 Å². The Labute approximate surface area is 140 Å². The van der Waals surface area contributed by atoms with Gasteiger partial charge in [-0.05, 0) is 12.5 Å². The van der Waals surface area contributed by atoms with Crippen molar-refractivity contribution in [1.29, 1.82) is 0 Å². The summed E-state index contributed by atoms with van der Waals surface area (Å²) in [6.45, 7) is 0.601. The van der Waals surface area contributed by atoms with Crippen LogP contribution in [-0.2, 0) is 25.4 Å². The lowest BCUT2D eigenvalue weighted by Crippen LogP contribution is -2.49. The van der Waals surface area contributed by atoms with E-state index in [1.54, 1.807) is 12.4 Å². The second-order valence-corrected chi connectivity index (χ2v) is 6.30. The molecular weight excluding hydrogens is 316 g/mol. The van der Waals surface area contributed by atoms with Crippen molar-refractivity contribution in [3.05, 3.63) is 35.1 Å². The molecule has 0 radical (unpaired) electrons. The van der Waals surface area contributed by atoms with E-state index in [9.17, 15) is 4.79 Å². The van der Waals surface area contributed by atoms with Gasteiger partial charge in [0, 0.05) is 39.8 Å². The normalized spacial score (nSPS) is 21.9. The van der Waals surface area contributed by atoms with Crippen LogP contribution < -0.4 is 5.32 Å². The number of nitrogens with zero attached hydrogens (tertiary/aromatic N) is 5. The molecule has 3 rings (SSSR count). The van der Waals surface area contributed by atoms with Crippen molar-refractivity contribution >= 4 is 17.5 Å². The molecule has 1 amide bonds. The van der Waals surface area contributed by atoms with E-state index in [-0.39, 0.29) is 18.0 Å². The predicted octanol–water partition coefficient (Wildman–Crippen LogP) is 1.26. The van der Waals surface area contributed by atoms with Gasteiger partial charge in [0.25, 0.3) is 0 Å². The second kappa shape index (κ2) is 6.33. The van der Waals surface area contributed by atoms with Crippen LogP contribution in [0.1, 0.15) is 30.4 Å². The molecule has 1 N–H and O–H groups in total. The summed E-state index contributed by atoms with van der Waals surface area (Å²) < 4.78 is 3.68. The minimum absolute atomic E-state index is 0.0421. The minimum Gasteiger partial charge on any atom is -0.336 e. The molecule has 1 aliphatic heterocycles. The fourth-order valence-electron chi connectivity index (χ4n) is 3.14. The third kappa shape index (κ3) is 2.98. The van der Waals surface area contributed by atoms with E-state index in [1.807, 2.05) is 41.4 Å². The predicted molar refractivity (Wildman–Crippen MR) is 86.8 cm³/mol. The number of piperidine rings is 1. The summed E-state index contributed by atoms with van der Waals surface area (Å²) >= 11 is 6.03. The molecule has 3 heterocycles. The van der Waals surface area contributed by atoms with Gasteiger partial charge >= 0.3 is 0 Å². The van der Waals surface area contributed by atoms with Gasteiger partial charge in [0.15, 0.2) is 0 Å². The van der Waals surface area contributed by atoms with Crippen LogP contribution in [0.4, 0.5) is 0 Å². The van der Waals surface area contributed by atoms with Crippen LogP contribution in [0, 0.1) is 0 Å². The van der Waals surface area contributed by atoms with Crippen LogP contribution in [0.3, 0.4) is 0 Å². The van der Waals surface area contributed by atoms with Gasteiger partial charge in [-0.2, -0.15) is 5.10 Å². The van der Waals surface area contributed by atoms with Crippen LogP contribution in [-0.4, -0.2) is 43.2 Å². The van der Waals surface area contributed by atoms with Gasteiger partial charge in [-0.3, -0.25) is 9.48 Å². The number of likely N-dealkylation sites (N-methyl/N-ethyl adjacent to an activating group) is 1. The van der Waals surface area contributed by atoms with E-state index in [2.05, 4.69) is 15.4 Å². The number of amides is 1. The highest BCUT2D eigenvalue weighted by Gasteiger charge is 2.36. The molecule has 0 aliphatic carbocycles. The molecule has 124 valence electrons. The lowest BCUT2D eigenvalue weighted by Gasteiger charge is -2.39. The van der Waals surface area contributed by atoms with E-state index < -0.39 is 0 Å². The number of carbonyl (C=O) groups excluding carboxylic acids is 1. The average molecular weight is 337 g/mol. The molecule has 0 saturated carbocycles. The Balaban J connectivity index is 1.80. The number of aryl methyl sites for hydroxylation is 1. The summed E-state index contributed by atoms with van der Waals surface area (Å²) in [4.78, 5) is 18.2. The smallest absolute Gasteiger partial charge is 0.222 e. The Morgan fingerprint density at radius 1 is 1.39 bits per heavy atom. The first-order valence-corrected chi connectivity index (χ1v) is 8.00. The maximum Gasteiger partial charge on any atom is 0.222 e. The topological polar surface area (TPSA) is 68.0 Å². The van der Waals surface area contributed by atoms with E-state index in [0.29, 0.717) is 18.1 Å². The largest absolute Gasteiger partial charge is 0.336 e. The number of rotatable bonds is 4. The number of likely N-dealkylation sites (tertiary alicyclic amines) is 1. The van der Waals surface area contributed by atoms with E-state index in [4.69, 9.17) is 11.6 Å². The molecule has 23 heavy (non-hydrogen) atoms. The summed E-state index contributed by atoms with van der Waals surface area (Å²) in [5.74, 6) is 1.03. The third-order valence-corrected chi connectivity index (χ3v) is 4.92. The van der Waals surface area contributed by atoms with E-state index >= 15 is 0 Å². The van der Waals surface area contributed by atoms with Gasteiger partial charge in [-0.25, -0.2) is 4.98 Å². The zero-order chi connectivity index (χ0) is 16.6. The van der Waals surface area contributed by atoms with Crippen LogP contribution >= 0.6 is 11.6 Å². The highest BCUT2D eigenvalue weighted by molar-refractivity contribution is 6.29. The molecule has 2 atom stereocenters. The van der Waals surface area contributed by atoms with Crippen LogP contribution in [0.5, 0.6) is 0 Å². The first kappa shape index (κ1) is 16.0. The summed E-state index contributed by atoms with van der Waals surface area (Å²) in [5, 5.41) is 8.38. The summed E-state index contributed by atoms with van der Waals surface area (Å²) in [6, 6.07) is 2.06. The molecule has 8 heteroatoms. The number of aromatic nitrogens is 4. The van der Waals surface area contributed by atoms with Gasteiger partial charge in [-0.15, -0.1) is 0 Å². The Bertz CT molecular complexity index is 709. The number of halogens is 1. The average Bonchev–Trinajstić information content (AvgIpc) is 3.08. The fourth-order valence-corrected chi connectivity index (χ4v) is 3.29. The minimum atomic E-state index is -0.0421. The summed E-state index contributed by atoms with van der Waals surface area (Å²) in [6.07, 6.45) is 4.74. The third-order valence-electron chi connectivity index (χ3n) is 4.57. The highest BCUT2D eigenvalue weighted by Crippen LogP contribution is 2.30. The zero-order valence-electron chi connectivity index (χ0n) is 13.5. The monoisotopic (exact) mass is 336 g/mol. The summed E-state index contributed by atoms with van der Waals surface area (Å²) in [7, 11) is 5.64. The van der Waals surface area contributed by atoms with Gasteiger partial charge in [0.1, 0.15) is 11.0 Å². The molecule has 2 aromatic heterocycles. The van der Waals surface area contributed by atoms with Crippen molar-refractivity contribution < 1.29 is 4.79 Å². The Kier molecular flexibility index (Phi) is 4.41. The van der Waals surface area contributed by atoms with Crippen LogP contribution in [0.15, 0.2) is 18.5 Å². The number of carbonyl (C=O) groups is 1. The van der Waals surface area contributed by atoms with Crippen LogP contribution in [0.2, 0.25) is 5.15 Å². The van der Waals surface area contributed by atoms with Crippen molar-refractivity contribution in [3.63, 3.8) is 0 Å². The molecule has 1 saturated heterocycles.